The first-order valence-corrected chi connectivity index (χ1v) is 9.70. The van der Waals surface area contributed by atoms with E-state index in [0.29, 0.717) is 25.9 Å². The Kier molecular flexibility index (Phi) is 5.57. The van der Waals surface area contributed by atoms with Gasteiger partial charge in [0.2, 0.25) is 10.0 Å². The van der Waals surface area contributed by atoms with E-state index in [1.807, 2.05) is 24.3 Å². The highest BCUT2D eigenvalue weighted by Crippen LogP contribution is 2.22. The highest BCUT2D eigenvalue weighted by Gasteiger charge is 2.27. The Morgan fingerprint density at radius 3 is 2.86 bits per heavy atom. The quantitative estimate of drug-likeness (QED) is 0.796. The molecule has 4 nitrogen and oxygen atoms in total. The predicted octanol–water partition coefficient (Wildman–Crippen LogP) is 2.62. The predicted molar refractivity (Wildman–Crippen MR) is 86.6 cm³/mol. The van der Waals surface area contributed by atoms with Crippen LogP contribution in [0.1, 0.15) is 24.8 Å². The number of nitrogens with zero attached hydrogens (tertiary/aromatic N) is 1. The number of sulfonamides is 1. The van der Waals surface area contributed by atoms with E-state index in [1.165, 1.54) is 10.6 Å². The van der Waals surface area contributed by atoms with Crippen LogP contribution in [0, 0.1) is 5.92 Å². The molecule has 0 aromatic heterocycles. The summed E-state index contributed by atoms with van der Waals surface area (Å²) in [7, 11) is -3.14. The maximum Gasteiger partial charge on any atom is 0.211 e. The zero-order valence-corrected chi connectivity index (χ0v) is 14.5. The van der Waals surface area contributed by atoms with Crippen molar-refractivity contribution < 1.29 is 13.2 Å². The van der Waals surface area contributed by atoms with E-state index in [2.05, 4.69) is 15.9 Å². The first-order valence-electron chi connectivity index (χ1n) is 7.06. The maximum atomic E-state index is 12.2. The number of carbonyl (C=O) groups excluding carboxylic acids is 1. The van der Waals surface area contributed by atoms with Crippen molar-refractivity contribution in [2.75, 3.05) is 19.3 Å². The van der Waals surface area contributed by atoms with Crippen molar-refractivity contribution in [1.29, 1.82) is 0 Å². The number of hydrogen-bond donors (Lipinski definition) is 0. The number of carbonyl (C=O) groups is 1. The van der Waals surface area contributed by atoms with Crippen LogP contribution in [-0.4, -0.2) is 37.9 Å². The minimum Gasteiger partial charge on any atom is -0.299 e. The monoisotopic (exact) mass is 373 g/mol. The Labute approximate surface area is 134 Å². The second-order valence-electron chi connectivity index (χ2n) is 5.68. The van der Waals surface area contributed by atoms with Crippen LogP contribution in [0.2, 0.25) is 0 Å². The van der Waals surface area contributed by atoms with Crippen LogP contribution in [-0.2, 0) is 21.2 Å². The summed E-state index contributed by atoms with van der Waals surface area (Å²) in [6, 6.07) is 7.73. The van der Waals surface area contributed by atoms with Gasteiger partial charge in [-0.3, -0.25) is 4.79 Å². The zero-order chi connectivity index (χ0) is 15.5. The van der Waals surface area contributed by atoms with Crippen molar-refractivity contribution in [2.45, 2.75) is 25.7 Å². The van der Waals surface area contributed by atoms with Crippen LogP contribution in [0.25, 0.3) is 0 Å². The summed E-state index contributed by atoms with van der Waals surface area (Å²) in [5, 5.41) is 0. The Balaban J connectivity index is 1.90. The molecule has 1 aromatic carbocycles. The van der Waals surface area contributed by atoms with Gasteiger partial charge in [-0.2, -0.15) is 0 Å². The molecule has 0 radical (unpaired) electrons. The average Bonchev–Trinajstić information content (AvgIpc) is 2.37. The van der Waals surface area contributed by atoms with Crippen molar-refractivity contribution in [3.8, 4) is 0 Å². The van der Waals surface area contributed by atoms with Crippen molar-refractivity contribution in [3.63, 3.8) is 0 Å². The van der Waals surface area contributed by atoms with Crippen molar-refractivity contribution in [2.24, 2.45) is 5.92 Å². The van der Waals surface area contributed by atoms with Crippen LogP contribution < -0.4 is 0 Å². The number of ketones is 1. The number of halogens is 1. The fraction of sp³-hybridized carbons (Fsp3) is 0.533. The molecule has 0 aliphatic carbocycles. The van der Waals surface area contributed by atoms with Crippen LogP contribution in [0.3, 0.4) is 0 Å². The lowest BCUT2D eigenvalue weighted by molar-refractivity contribution is -0.119. The van der Waals surface area contributed by atoms with Gasteiger partial charge in [-0.25, -0.2) is 12.7 Å². The number of benzene rings is 1. The third kappa shape index (κ3) is 5.20. The lowest BCUT2D eigenvalue weighted by Gasteiger charge is -2.30. The van der Waals surface area contributed by atoms with Crippen LogP contribution in [0.15, 0.2) is 28.7 Å². The first kappa shape index (κ1) is 16.6. The molecule has 116 valence electrons. The fourth-order valence-corrected chi connectivity index (χ4v) is 4.15. The summed E-state index contributed by atoms with van der Waals surface area (Å²) >= 11 is 3.40. The number of hydrogen-bond acceptors (Lipinski definition) is 3. The van der Waals surface area contributed by atoms with Gasteiger partial charge < -0.3 is 0 Å². The molecule has 1 saturated heterocycles. The summed E-state index contributed by atoms with van der Waals surface area (Å²) < 4.78 is 25.6. The van der Waals surface area contributed by atoms with Gasteiger partial charge in [0, 0.05) is 30.4 Å². The van der Waals surface area contributed by atoms with E-state index in [4.69, 9.17) is 0 Å². The van der Waals surface area contributed by atoms with Gasteiger partial charge in [-0.05, 0) is 36.5 Å². The molecule has 1 aliphatic rings. The number of piperidine rings is 1. The standard InChI is InChI=1S/C15H20BrNO3S/c1-21(19,20)17-7-3-5-13(11-17)10-15(18)9-12-4-2-6-14(16)8-12/h2,4,6,8,13H,3,5,7,9-11H2,1H3. The summed E-state index contributed by atoms with van der Waals surface area (Å²) in [6.07, 6.45) is 3.87. The molecular formula is C15H20BrNO3S. The summed E-state index contributed by atoms with van der Waals surface area (Å²) in [4.78, 5) is 12.2. The summed E-state index contributed by atoms with van der Waals surface area (Å²) in [6.45, 7) is 1.05. The Morgan fingerprint density at radius 2 is 2.19 bits per heavy atom. The molecule has 0 amide bonds. The molecule has 1 unspecified atom stereocenters. The van der Waals surface area contributed by atoms with E-state index in [9.17, 15) is 13.2 Å². The number of rotatable bonds is 5. The van der Waals surface area contributed by atoms with Gasteiger partial charge in [-0.15, -0.1) is 0 Å². The second-order valence-corrected chi connectivity index (χ2v) is 8.58. The largest absolute Gasteiger partial charge is 0.299 e. The highest BCUT2D eigenvalue weighted by molar-refractivity contribution is 9.10. The third-order valence-corrected chi connectivity index (χ3v) is 5.52. The molecule has 21 heavy (non-hydrogen) atoms. The molecule has 1 aliphatic heterocycles. The van der Waals surface area contributed by atoms with Gasteiger partial charge in [0.25, 0.3) is 0 Å². The summed E-state index contributed by atoms with van der Waals surface area (Å²) in [5.41, 5.74) is 0.991. The molecular weight excluding hydrogens is 354 g/mol. The second kappa shape index (κ2) is 7.03. The normalized spacial score (nSPS) is 20.4. The van der Waals surface area contributed by atoms with E-state index in [-0.39, 0.29) is 11.7 Å². The Hall–Kier alpha value is -0.720. The average molecular weight is 374 g/mol. The van der Waals surface area contributed by atoms with Crippen LogP contribution >= 0.6 is 15.9 Å². The van der Waals surface area contributed by atoms with Gasteiger partial charge in [-0.1, -0.05) is 28.1 Å². The van der Waals surface area contributed by atoms with Gasteiger partial charge in [0.15, 0.2) is 0 Å². The highest BCUT2D eigenvalue weighted by atomic mass is 79.9. The lowest BCUT2D eigenvalue weighted by atomic mass is 9.92. The van der Waals surface area contributed by atoms with Gasteiger partial charge >= 0.3 is 0 Å². The van der Waals surface area contributed by atoms with E-state index < -0.39 is 10.0 Å². The molecule has 1 atom stereocenters. The lowest BCUT2D eigenvalue weighted by Crippen LogP contribution is -2.39. The molecule has 0 saturated carbocycles. The van der Waals surface area contributed by atoms with E-state index in [1.54, 1.807) is 0 Å². The van der Waals surface area contributed by atoms with Crippen molar-refractivity contribution >= 4 is 31.7 Å². The molecule has 2 rings (SSSR count). The van der Waals surface area contributed by atoms with Crippen molar-refractivity contribution in [3.05, 3.63) is 34.3 Å². The maximum absolute atomic E-state index is 12.2. The van der Waals surface area contributed by atoms with E-state index in [0.717, 1.165) is 22.9 Å². The van der Waals surface area contributed by atoms with Crippen LogP contribution in [0.5, 0.6) is 0 Å². The minimum atomic E-state index is -3.14. The van der Waals surface area contributed by atoms with Crippen LogP contribution in [0.4, 0.5) is 0 Å². The summed E-state index contributed by atoms with van der Waals surface area (Å²) in [5.74, 6) is 0.321. The molecule has 1 fully saturated rings. The van der Waals surface area contributed by atoms with Gasteiger partial charge in [0.05, 0.1) is 6.26 Å². The molecule has 0 N–H and O–H groups in total. The zero-order valence-electron chi connectivity index (χ0n) is 12.1. The molecule has 1 aromatic rings. The molecule has 0 spiro atoms. The first-order chi connectivity index (χ1) is 9.84. The van der Waals surface area contributed by atoms with E-state index >= 15 is 0 Å². The molecule has 0 bridgehead atoms. The molecule has 6 heteroatoms. The van der Waals surface area contributed by atoms with Gasteiger partial charge in [0.1, 0.15) is 5.78 Å². The smallest absolute Gasteiger partial charge is 0.211 e. The molecule has 1 heterocycles. The number of Topliss-reactive ketones (excluding diaryl/α,β-unsaturated/α-hetero) is 1. The SMILES string of the molecule is CS(=O)(=O)N1CCCC(CC(=O)Cc2cccc(Br)c2)C1. The third-order valence-electron chi connectivity index (χ3n) is 3.76. The minimum absolute atomic E-state index is 0.146. The Bertz CT molecular complexity index is 615. The Morgan fingerprint density at radius 1 is 1.43 bits per heavy atom. The fourth-order valence-electron chi connectivity index (χ4n) is 2.76. The van der Waals surface area contributed by atoms with Crippen molar-refractivity contribution in [1.82, 2.24) is 4.31 Å². The topological polar surface area (TPSA) is 54.5 Å².